The van der Waals surface area contributed by atoms with Gasteiger partial charge in [-0.15, -0.1) is 4.91 Å². The predicted molar refractivity (Wildman–Crippen MR) is 83.7 cm³/mol. The van der Waals surface area contributed by atoms with Crippen LogP contribution in [-0.4, -0.2) is 6.29 Å². The molecule has 0 bridgehead atoms. The number of hydrogen-bond donors (Lipinski definition) is 0. The zero-order chi connectivity index (χ0) is 14.7. The highest BCUT2D eigenvalue weighted by Crippen LogP contribution is 2.33. The van der Waals surface area contributed by atoms with Gasteiger partial charge in [0.2, 0.25) is 0 Å². The lowest BCUT2D eigenvalue weighted by atomic mass is 10.1. The van der Waals surface area contributed by atoms with Crippen molar-refractivity contribution in [1.29, 1.82) is 0 Å². The topological polar surface area (TPSA) is 49.7 Å². The van der Waals surface area contributed by atoms with E-state index in [2.05, 4.69) is 5.29 Å². The maximum absolute atomic E-state index is 11.4. The Morgan fingerprint density at radius 3 is 2.29 bits per heavy atom. The number of aldehydes is 1. The minimum atomic E-state index is 0.421. The van der Waals surface area contributed by atoms with E-state index in [1.54, 1.807) is 24.3 Å². The average Bonchev–Trinajstić information content (AvgIpc) is 2.56. The third kappa shape index (κ3) is 2.27. The van der Waals surface area contributed by atoms with Crippen LogP contribution < -0.4 is 5.01 Å². The molecule has 0 heterocycles. The summed E-state index contributed by atoms with van der Waals surface area (Å²) >= 11 is 0. The molecule has 0 saturated carbocycles. The van der Waals surface area contributed by atoms with Crippen LogP contribution in [0.3, 0.4) is 0 Å². The van der Waals surface area contributed by atoms with Crippen LogP contribution in [0.2, 0.25) is 0 Å². The van der Waals surface area contributed by atoms with Gasteiger partial charge in [-0.05, 0) is 23.6 Å². The molecule has 0 unspecified atom stereocenters. The maximum Gasteiger partial charge on any atom is 0.152 e. The van der Waals surface area contributed by atoms with Crippen LogP contribution in [0, 0.1) is 4.91 Å². The fourth-order valence-corrected chi connectivity index (χ4v) is 2.39. The minimum Gasteiger partial charge on any atom is -0.298 e. The molecule has 0 fully saturated rings. The molecule has 3 aromatic carbocycles. The van der Waals surface area contributed by atoms with Crippen molar-refractivity contribution in [1.82, 2.24) is 0 Å². The highest BCUT2D eigenvalue weighted by Gasteiger charge is 2.15. The van der Waals surface area contributed by atoms with Crippen LogP contribution in [0.5, 0.6) is 0 Å². The second kappa shape index (κ2) is 5.54. The molecule has 0 aliphatic heterocycles. The molecule has 0 N–H and O–H groups in total. The van der Waals surface area contributed by atoms with E-state index in [1.165, 1.54) is 5.01 Å². The van der Waals surface area contributed by atoms with Crippen LogP contribution in [0.4, 0.5) is 11.4 Å². The third-order valence-electron chi connectivity index (χ3n) is 3.37. The Balaban J connectivity index is 2.23. The molecule has 102 valence electrons. The summed E-state index contributed by atoms with van der Waals surface area (Å²) in [6, 6.07) is 20.2. The van der Waals surface area contributed by atoms with Crippen LogP contribution >= 0.6 is 0 Å². The third-order valence-corrected chi connectivity index (χ3v) is 3.37. The molecule has 0 aromatic heterocycles. The number of hydrogen-bond acceptors (Lipinski definition) is 3. The summed E-state index contributed by atoms with van der Waals surface area (Å²) in [4.78, 5) is 22.5. The van der Waals surface area contributed by atoms with E-state index in [-0.39, 0.29) is 0 Å². The quantitative estimate of drug-likeness (QED) is 0.401. The summed E-state index contributed by atoms with van der Waals surface area (Å²) in [6.07, 6.45) is 0.721. The minimum absolute atomic E-state index is 0.421. The molecule has 0 saturated heterocycles. The molecule has 0 radical (unpaired) electrons. The van der Waals surface area contributed by atoms with Gasteiger partial charge >= 0.3 is 0 Å². The molecule has 4 nitrogen and oxygen atoms in total. The van der Waals surface area contributed by atoms with Gasteiger partial charge in [-0.2, -0.15) is 5.01 Å². The van der Waals surface area contributed by atoms with Crippen molar-refractivity contribution in [2.24, 2.45) is 5.29 Å². The van der Waals surface area contributed by atoms with E-state index >= 15 is 0 Å². The monoisotopic (exact) mass is 276 g/mol. The zero-order valence-corrected chi connectivity index (χ0v) is 11.1. The van der Waals surface area contributed by atoms with Crippen LogP contribution in [-0.2, 0) is 0 Å². The van der Waals surface area contributed by atoms with Gasteiger partial charge in [0.1, 0.15) is 0 Å². The summed E-state index contributed by atoms with van der Waals surface area (Å²) in [5.74, 6) is 0. The smallest absolute Gasteiger partial charge is 0.152 e. The summed E-state index contributed by atoms with van der Waals surface area (Å²) in [6.45, 7) is 0. The lowest BCUT2D eigenvalue weighted by molar-refractivity contribution is 0.112. The molecule has 3 aromatic rings. The number of carbonyl (C=O) groups is 1. The summed E-state index contributed by atoms with van der Waals surface area (Å²) in [5, 5.41) is 6.28. The molecular weight excluding hydrogens is 264 g/mol. The van der Waals surface area contributed by atoms with Gasteiger partial charge in [0, 0.05) is 10.9 Å². The van der Waals surface area contributed by atoms with Crippen molar-refractivity contribution in [3.05, 3.63) is 77.2 Å². The van der Waals surface area contributed by atoms with Gasteiger partial charge < -0.3 is 0 Å². The molecular formula is C17H12N2O2. The van der Waals surface area contributed by atoms with E-state index in [9.17, 15) is 9.70 Å². The van der Waals surface area contributed by atoms with Crippen LogP contribution in [0.25, 0.3) is 10.8 Å². The highest BCUT2D eigenvalue weighted by atomic mass is 16.3. The van der Waals surface area contributed by atoms with Gasteiger partial charge in [0.25, 0.3) is 0 Å². The first-order valence-corrected chi connectivity index (χ1v) is 6.50. The lowest BCUT2D eigenvalue weighted by Crippen LogP contribution is -2.10. The Hall–Kier alpha value is -3.01. The van der Waals surface area contributed by atoms with Crippen molar-refractivity contribution < 1.29 is 4.79 Å². The van der Waals surface area contributed by atoms with Crippen molar-refractivity contribution in [2.75, 3.05) is 5.01 Å². The fourth-order valence-electron chi connectivity index (χ4n) is 2.39. The second-order valence-corrected chi connectivity index (χ2v) is 4.57. The average molecular weight is 276 g/mol. The molecule has 21 heavy (non-hydrogen) atoms. The highest BCUT2D eigenvalue weighted by molar-refractivity contribution is 5.97. The first kappa shape index (κ1) is 13.0. The molecule has 0 aliphatic rings. The Morgan fingerprint density at radius 2 is 1.48 bits per heavy atom. The number of nitroso groups, excluding NO2 is 1. The van der Waals surface area contributed by atoms with E-state index in [0.29, 0.717) is 16.9 Å². The number of fused-ring (bicyclic) bond motifs is 1. The lowest BCUT2D eigenvalue weighted by Gasteiger charge is -2.18. The van der Waals surface area contributed by atoms with Gasteiger partial charge in [0.05, 0.1) is 16.7 Å². The maximum atomic E-state index is 11.4. The van der Waals surface area contributed by atoms with Crippen LogP contribution in [0.1, 0.15) is 10.4 Å². The molecule has 0 aliphatic carbocycles. The first-order chi connectivity index (χ1) is 10.3. The largest absolute Gasteiger partial charge is 0.298 e. The van der Waals surface area contributed by atoms with E-state index in [4.69, 9.17) is 0 Å². The van der Waals surface area contributed by atoms with Crippen molar-refractivity contribution in [3.63, 3.8) is 0 Å². The van der Waals surface area contributed by atoms with Gasteiger partial charge in [0.15, 0.2) is 6.29 Å². The van der Waals surface area contributed by atoms with Crippen LogP contribution in [0.15, 0.2) is 72.0 Å². The number of rotatable bonds is 4. The van der Waals surface area contributed by atoms with E-state index in [1.807, 2.05) is 42.5 Å². The summed E-state index contributed by atoms with van der Waals surface area (Å²) in [7, 11) is 0. The molecule has 0 spiro atoms. The van der Waals surface area contributed by atoms with E-state index in [0.717, 1.165) is 17.1 Å². The number of benzene rings is 3. The van der Waals surface area contributed by atoms with Crippen molar-refractivity contribution in [2.45, 2.75) is 0 Å². The SMILES string of the molecule is O=Cc1ccccc1N(N=O)c1cccc2ccccc12. The van der Waals surface area contributed by atoms with Crippen molar-refractivity contribution >= 4 is 28.4 Å². The van der Waals surface area contributed by atoms with Crippen molar-refractivity contribution in [3.8, 4) is 0 Å². The van der Waals surface area contributed by atoms with Gasteiger partial charge in [-0.1, -0.05) is 48.5 Å². The fraction of sp³-hybridized carbons (Fsp3) is 0. The van der Waals surface area contributed by atoms with E-state index < -0.39 is 0 Å². The standard InChI is InChI=1S/C17H12N2O2/c20-12-14-7-2-4-10-16(14)19(18-21)17-11-5-8-13-6-1-3-9-15(13)17/h1-12H. The van der Waals surface area contributed by atoms with Gasteiger partial charge in [-0.25, -0.2) is 0 Å². The Kier molecular flexibility index (Phi) is 3.43. The molecule has 3 rings (SSSR count). The number of carbonyl (C=O) groups excluding carboxylic acids is 1. The normalized spacial score (nSPS) is 10.3. The van der Waals surface area contributed by atoms with Gasteiger partial charge in [-0.3, -0.25) is 4.79 Å². The first-order valence-electron chi connectivity index (χ1n) is 6.50. The number of para-hydroxylation sites is 1. The molecule has 4 heteroatoms. The Labute approximate surface area is 121 Å². The summed E-state index contributed by atoms with van der Waals surface area (Å²) in [5.41, 5.74) is 1.54. The predicted octanol–water partition coefficient (Wildman–Crippen LogP) is 4.47. The molecule has 0 atom stereocenters. The number of nitrogens with zero attached hydrogens (tertiary/aromatic N) is 2. The molecule has 0 amide bonds. The second-order valence-electron chi connectivity index (χ2n) is 4.57. The summed E-state index contributed by atoms with van der Waals surface area (Å²) < 4.78 is 0. The Morgan fingerprint density at radius 1 is 0.810 bits per heavy atom. The number of anilines is 2. The Bertz CT molecular complexity index is 809. The zero-order valence-electron chi connectivity index (χ0n) is 11.1.